The Labute approximate surface area is 161 Å². The number of benzene rings is 1. The topological polar surface area (TPSA) is 85.6 Å². The zero-order valence-electron chi connectivity index (χ0n) is 15.3. The Kier molecular flexibility index (Phi) is 5.85. The number of hydrogen-bond acceptors (Lipinski definition) is 5. The number of carbonyl (C=O) groups is 2. The Bertz CT molecular complexity index is 922. The standard InChI is InChI=1S/C20H22ClNO5/c1-11-5-3-4-6-15(11)22-19(24)12(2)26-20(25)18-10-16(23)14-9-13(21)7-8-17(14)27-18/h7-12,15H,3-6H2,1-2H3,(H,22,24)/t11-,12-,15-/m1/s1. The number of hydrogen-bond donors (Lipinski definition) is 1. The molecule has 1 aliphatic rings. The third kappa shape index (κ3) is 4.50. The van der Waals surface area contributed by atoms with Crippen LogP contribution in [0.5, 0.6) is 0 Å². The normalized spacial score (nSPS) is 20.9. The van der Waals surface area contributed by atoms with Crippen molar-refractivity contribution in [2.45, 2.75) is 51.7 Å². The molecule has 7 heteroatoms. The summed E-state index contributed by atoms with van der Waals surface area (Å²) in [5, 5.41) is 3.62. The Morgan fingerprint density at radius 2 is 2.00 bits per heavy atom. The largest absolute Gasteiger partial charge is 0.449 e. The van der Waals surface area contributed by atoms with Gasteiger partial charge in [0.05, 0.1) is 5.39 Å². The van der Waals surface area contributed by atoms with Crippen LogP contribution in [0.3, 0.4) is 0 Å². The quantitative estimate of drug-likeness (QED) is 0.803. The molecule has 1 saturated carbocycles. The molecule has 27 heavy (non-hydrogen) atoms. The lowest BCUT2D eigenvalue weighted by molar-refractivity contribution is -0.130. The summed E-state index contributed by atoms with van der Waals surface area (Å²) >= 11 is 5.87. The average molecular weight is 392 g/mol. The Morgan fingerprint density at radius 1 is 1.26 bits per heavy atom. The van der Waals surface area contributed by atoms with Crippen LogP contribution in [0.2, 0.25) is 5.02 Å². The van der Waals surface area contributed by atoms with Gasteiger partial charge in [-0.2, -0.15) is 0 Å². The Morgan fingerprint density at radius 3 is 2.74 bits per heavy atom. The summed E-state index contributed by atoms with van der Waals surface area (Å²) in [6, 6.07) is 5.68. The second kappa shape index (κ2) is 8.13. The molecule has 0 saturated heterocycles. The van der Waals surface area contributed by atoms with Crippen molar-refractivity contribution in [1.82, 2.24) is 5.32 Å². The first kappa shape index (κ1) is 19.4. The van der Waals surface area contributed by atoms with Crippen LogP contribution in [0.25, 0.3) is 11.0 Å². The van der Waals surface area contributed by atoms with Gasteiger partial charge in [-0.15, -0.1) is 0 Å². The zero-order valence-corrected chi connectivity index (χ0v) is 16.0. The van der Waals surface area contributed by atoms with Crippen LogP contribution in [0.15, 0.2) is 33.5 Å². The average Bonchev–Trinajstić information content (AvgIpc) is 2.63. The minimum atomic E-state index is -0.988. The molecule has 1 aromatic heterocycles. The molecule has 1 N–H and O–H groups in total. The van der Waals surface area contributed by atoms with E-state index in [0.717, 1.165) is 25.3 Å². The third-order valence-corrected chi connectivity index (χ3v) is 5.22. The molecule has 0 bridgehead atoms. The monoisotopic (exact) mass is 391 g/mol. The van der Waals surface area contributed by atoms with E-state index in [1.807, 2.05) is 0 Å². The number of amides is 1. The van der Waals surface area contributed by atoms with Crippen molar-refractivity contribution in [3.8, 4) is 0 Å². The highest BCUT2D eigenvalue weighted by Gasteiger charge is 2.27. The van der Waals surface area contributed by atoms with E-state index in [9.17, 15) is 14.4 Å². The van der Waals surface area contributed by atoms with Crippen LogP contribution in [0, 0.1) is 5.92 Å². The van der Waals surface area contributed by atoms with Crippen LogP contribution in [-0.4, -0.2) is 24.0 Å². The molecule has 3 rings (SSSR count). The van der Waals surface area contributed by atoms with Crippen molar-refractivity contribution in [2.75, 3.05) is 0 Å². The predicted octanol–water partition coefficient (Wildman–Crippen LogP) is 3.69. The van der Waals surface area contributed by atoms with Gasteiger partial charge in [0.1, 0.15) is 5.58 Å². The van der Waals surface area contributed by atoms with Crippen molar-refractivity contribution in [3.05, 3.63) is 45.3 Å². The molecule has 3 atom stereocenters. The maximum Gasteiger partial charge on any atom is 0.375 e. The molecular formula is C20H22ClNO5. The van der Waals surface area contributed by atoms with Crippen LogP contribution in [-0.2, 0) is 9.53 Å². The summed E-state index contributed by atoms with van der Waals surface area (Å²) in [6.07, 6.45) is 3.26. The highest BCUT2D eigenvalue weighted by atomic mass is 35.5. The van der Waals surface area contributed by atoms with E-state index < -0.39 is 17.5 Å². The fraction of sp³-hybridized carbons (Fsp3) is 0.450. The first-order valence-electron chi connectivity index (χ1n) is 9.10. The van der Waals surface area contributed by atoms with Gasteiger partial charge < -0.3 is 14.5 Å². The lowest BCUT2D eigenvalue weighted by Crippen LogP contribution is -2.46. The molecule has 1 aliphatic carbocycles. The fourth-order valence-electron chi connectivity index (χ4n) is 3.33. The highest BCUT2D eigenvalue weighted by Crippen LogP contribution is 2.24. The minimum Gasteiger partial charge on any atom is -0.449 e. The molecular weight excluding hydrogens is 370 g/mol. The Hall–Kier alpha value is -2.34. The van der Waals surface area contributed by atoms with Gasteiger partial charge in [0.25, 0.3) is 5.91 Å². The van der Waals surface area contributed by atoms with E-state index in [-0.39, 0.29) is 28.7 Å². The van der Waals surface area contributed by atoms with E-state index in [2.05, 4.69) is 12.2 Å². The maximum absolute atomic E-state index is 12.3. The van der Waals surface area contributed by atoms with Gasteiger partial charge in [-0.05, 0) is 43.9 Å². The summed E-state index contributed by atoms with van der Waals surface area (Å²) in [4.78, 5) is 36.8. The third-order valence-electron chi connectivity index (χ3n) is 4.98. The van der Waals surface area contributed by atoms with Gasteiger partial charge in [0.2, 0.25) is 5.76 Å². The summed E-state index contributed by atoms with van der Waals surface area (Å²) in [6.45, 7) is 3.61. The van der Waals surface area contributed by atoms with E-state index in [4.69, 9.17) is 20.8 Å². The summed E-state index contributed by atoms with van der Waals surface area (Å²) < 4.78 is 10.6. The molecule has 0 unspecified atom stereocenters. The van der Waals surface area contributed by atoms with Gasteiger partial charge in [0.15, 0.2) is 11.5 Å². The predicted molar refractivity (Wildman–Crippen MR) is 102 cm³/mol. The van der Waals surface area contributed by atoms with Crippen molar-refractivity contribution in [3.63, 3.8) is 0 Å². The second-order valence-corrected chi connectivity index (χ2v) is 7.48. The van der Waals surface area contributed by atoms with Gasteiger partial charge in [0, 0.05) is 17.1 Å². The van der Waals surface area contributed by atoms with Gasteiger partial charge in [-0.1, -0.05) is 31.4 Å². The number of nitrogens with one attached hydrogen (secondary N) is 1. The lowest BCUT2D eigenvalue weighted by Gasteiger charge is -2.30. The number of ether oxygens (including phenoxy) is 1. The molecule has 1 heterocycles. The first-order valence-corrected chi connectivity index (χ1v) is 9.47. The number of halogens is 1. The van der Waals surface area contributed by atoms with Gasteiger partial charge in [-0.25, -0.2) is 4.79 Å². The molecule has 0 spiro atoms. The van der Waals surface area contributed by atoms with Crippen molar-refractivity contribution in [1.29, 1.82) is 0 Å². The van der Waals surface area contributed by atoms with Crippen LogP contribution < -0.4 is 10.7 Å². The summed E-state index contributed by atoms with van der Waals surface area (Å²) in [7, 11) is 0. The van der Waals surface area contributed by atoms with Gasteiger partial charge in [-0.3, -0.25) is 9.59 Å². The smallest absolute Gasteiger partial charge is 0.375 e. The molecule has 0 radical (unpaired) electrons. The van der Waals surface area contributed by atoms with Crippen molar-refractivity contribution >= 4 is 34.4 Å². The van der Waals surface area contributed by atoms with Crippen LogP contribution in [0.4, 0.5) is 0 Å². The highest BCUT2D eigenvalue weighted by molar-refractivity contribution is 6.31. The fourth-order valence-corrected chi connectivity index (χ4v) is 3.50. The van der Waals surface area contributed by atoms with Gasteiger partial charge >= 0.3 is 5.97 Å². The number of carbonyl (C=O) groups excluding carboxylic acids is 2. The van der Waals surface area contributed by atoms with Crippen LogP contribution >= 0.6 is 11.6 Å². The SMILES string of the molecule is C[C@@H]1CCCC[C@H]1NC(=O)[C@@H](C)OC(=O)c1cc(=O)c2cc(Cl)ccc2o1. The van der Waals surface area contributed by atoms with Crippen LogP contribution in [0.1, 0.15) is 50.1 Å². The number of fused-ring (bicyclic) bond motifs is 1. The second-order valence-electron chi connectivity index (χ2n) is 7.04. The van der Waals surface area contributed by atoms with E-state index in [0.29, 0.717) is 10.9 Å². The van der Waals surface area contributed by atoms with E-state index in [1.54, 1.807) is 6.07 Å². The molecule has 1 aromatic carbocycles. The molecule has 2 aromatic rings. The molecule has 0 aliphatic heterocycles. The Balaban J connectivity index is 1.69. The molecule has 144 valence electrons. The minimum absolute atomic E-state index is 0.0933. The molecule has 1 fully saturated rings. The number of rotatable bonds is 4. The van der Waals surface area contributed by atoms with E-state index in [1.165, 1.54) is 25.5 Å². The van der Waals surface area contributed by atoms with Crippen molar-refractivity contribution < 1.29 is 18.7 Å². The first-order chi connectivity index (χ1) is 12.8. The molecule has 6 nitrogen and oxygen atoms in total. The van der Waals surface area contributed by atoms with E-state index >= 15 is 0 Å². The summed E-state index contributed by atoms with van der Waals surface area (Å²) in [5.41, 5.74) is -0.175. The lowest BCUT2D eigenvalue weighted by atomic mass is 9.86. The summed E-state index contributed by atoms with van der Waals surface area (Å²) in [5.74, 6) is -1.06. The van der Waals surface area contributed by atoms with Crippen molar-refractivity contribution in [2.24, 2.45) is 5.92 Å². The zero-order chi connectivity index (χ0) is 19.6. The molecule has 1 amide bonds. The maximum atomic E-state index is 12.3. The number of esters is 1.